The second kappa shape index (κ2) is 4.69. The Bertz CT molecular complexity index is 401. The van der Waals surface area contributed by atoms with Crippen LogP contribution in [0.25, 0.3) is 0 Å². The van der Waals surface area contributed by atoms with Crippen molar-refractivity contribution in [3.63, 3.8) is 0 Å². The molecule has 3 rings (SSSR count). The van der Waals surface area contributed by atoms with E-state index in [1.165, 1.54) is 0 Å². The monoisotopic (exact) mass is 264 g/mol. The largest absolute Gasteiger partial charge is 0.377 e. The zero-order valence-corrected chi connectivity index (χ0v) is 12.1. The molecule has 19 heavy (non-hydrogen) atoms. The van der Waals surface area contributed by atoms with E-state index in [1.807, 2.05) is 0 Å². The number of hydrogen-bond donors (Lipinski definition) is 0. The van der Waals surface area contributed by atoms with Crippen LogP contribution in [0.3, 0.4) is 0 Å². The minimum Gasteiger partial charge on any atom is -0.377 e. The van der Waals surface area contributed by atoms with Crippen LogP contribution in [0.5, 0.6) is 0 Å². The van der Waals surface area contributed by atoms with Crippen LogP contribution in [-0.4, -0.2) is 24.3 Å². The summed E-state index contributed by atoms with van der Waals surface area (Å²) in [5.74, 6) is 2.77. The van der Waals surface area contributed by atoms with Crippen molar-refractivity contribution >= 4 is 11.6 Å². The van der Waals surface area contributed by atoms with Crippen molar-refractivity contribution in [3.8, 4) is 0 Å². The van der Waals surface area contributed by atoms with Gasteiger partial charge in [-0.2, -0.15) is 0 Å². The van der Waals surface area contributed by atoms with Crippen molar-refractivity contribution in [2.45, 2.75) is 46.1 Å². The summed E-state index contributed by atoms with van der Waals surface area (Å²) in [6, 6.07) is 0. The molecule has 7 atom stereocenters. The highest BCUT2D eigenvalue weighted by molar-refractivity contribution is 5.83. The molecular formula is C16H24O3. The van der Waals surface area contributed by atoms with E-state index in [0.29, 0.717) is 36.1 Å². The van der Waals surface area contributed by atoms with Crippen molar-refractivity contribution in [3.05, 3.63) is 0 Å². The van der Waals surface area contributed by atoms with Crippen LogP contribution in [0.2, 0.25) is 0 Å². The molecule has 0 spiro atoms. The molecule has 3 nitrogen and oxygen atoms in total. The summed E-state index contributed by atoms with van der Waals surface area (Å²) < 4.78 is 5.86. The lowest BCUT2D eigenvalue weighted by Gasteiger charge is -2.48. The number of fused-ring (bicyclic) bond motifs is 2. The fourth-order valence-electron chi connectivity index (χ4n) is 5.07. The van der Waals surface area contributed by atoms with Gasteiger partial charge in [-0.05, 0) is 43.4 Å². The summed E-state index contributed by atoms with van der Waals surface area (Å²) in [6.07, 6.45) is 2.75. The van der Waals surface area contributed by atoms with E-state index in [0.717, 1.165) is 19.3 Å². The lowest BCUT2D eigenvalue weighted by molar-refractivity contribution is -0.137. The highest BCUT2D eigenvalue weighted by Crippen LogP contribution is 2.52. The van der Waals surface area contributed by atoms with Crippen molar-refractivity contribution in [1.82, 2.24) is 0 Å². The van der Waals surface area contributed by atoms with Crippen LogP contribution < -0.4 is 0 Å². The second-order valence-electron chi connectivity index (χ2n) is 6.93. The molecule has 106 valence electrons. The number of ketones is 2. The van der Waals surface area contributed by atoms with Crippen LogP contribution in [0.1, 0.15) is 40.0 Å². The zero-order chi connectivity index (χ0) is 13.7. The first kappa shape index (κ1) is 13.3. The maximum atomic E-state index is 12.2. The fraction of sp³-hybridized carbons (Fsp3) is 0.875. The zero-order valence-electron chi connectivity index (χ0n) is 12.1. The van der Waals surface area contributed by atoms with Gasteiger partial charge in [-0.3, -0.25) is 9.59 Å². The third-order valence-corrected chi connectivity index (χ3v) is 5.99. The van der Waals surface area contributed by atoms with Gasteiger partial charge in [0.25, 0.3) is 0 Å². The van der Waals surface area contributed by atoms with Gasteiger partial charge in [-0.25, -0.2) is 0 Å². The molecule has 1 saturated heterocycles. The minimum atomic E-state index is 0.0604. The summed E-state index contributed by atoms with van der Waals surface area (Å²) in [4.78, 5) is 24.0. The van der Waals surface area contributed by atoms with E-state index in [4.69, 9.17) is 4.74 Å². The Labute approximate surface area is 115 Å². The molecule has 1 heterocycles. The van der Waals surface area contributed by atoms with Gasteiger partial charge >= 0.3 is 0 Å². The van der Waals surface area contributed by atoms with Gasteiger partial charge in [0.1, 0.15) is 11.6 Å². The SMILES string of the molecule is CC(=O)C1COC2CC3C(=O)CC[C@@H](C)C3C(C)C21. The summed E-state index contributed by atoms with van der Waals surface area (Å²) in [7, 11) is 0. The quantitative estimate of drug-likeness (QED) is 0.730. The molecule has 0 amide bonds. The molecule has 0 aromatic carbocycles. The molecule has 0 radical (unpaired) electrons. The van der Waals surface area contributed by atoms with E-state index in [2.05, 4.69) is 13.8 Å². The summed E-state index contributed by atoms with van der Waals surface area (Å²) in [5, 5.41) is 0. The maximum absolute atomic E-state index is 12.2. The van der Waals surface area contributed by atoms with E-state index in [9.17, 15) is 9.59 Å². The number of carbonyl (C=O) groups excluding carboxylic acids is 2. The Morgan fingerprint density at radius 2 is 2.00 bits per heavy atom. The number of rotatable bonds is 1. The molecule has 1 aliphatic heterocycles. The summed E-state index contributed by atoms with van der Waals surface area (Å²) >= 11 is 0. The van der Waals surface area contributed by atoms with Crippen molar-refractivity contribution in [2.75, 3.05) is 6.61 Å². The Hall–Kier alpha value is -0.700. The lowest BCUT2D eigenvalue weighted by Crippen LogP contribution is -2.49. The Kier molecular flexibility index (Phi) is 3.28. The van der Waals surface area contributed by atoms with Crippen molar-refractivity contribution < 1.29 is 14.3 Å². The Morgan fingerprint density at radius 3 is 2.68 bits per heavy atom. The van der Waals surface area contributed by atoms with Crippen LogP contribution in [0, 0.1) is 35.5 Å². The fourth-order valence-corrected chi connectivity index (χ4v) is 5.07. The predicted molar refractivity (Wildman–Crippen MR) is 71.6 cm³/mol. The molecule has 3 fully saturated rings. The van der Waals surface area contributed by atoms with Gasteiger partial charge < -0.3 is 4.74 Å². The van der Waals surface area contributed by atoms with Crippen LogP contribution >= 0.6 is 0 Å². The molecule has 2 aliphatic carbocycles. The van der Waals surface area contributed by atoms with Gasteiger partial charge in [-0.15, -0.1) is 0 Å². The minimum absolute atomic E-state index is 0.0604. The first-order chi connectivity index (χ1) is 9.00. The van der Waals surface area contributed by atoms with E-state index < -0.39 is 0 Å². The van der Waals surface area contributed by atoms with Crippen LogP contribution in [0.4, 0.5) is 0 Å². The molecule has 3 aliphatic rings. The van der Waals surface area contributed by atoms with E-state index >= 15 is 0 Å². The average molecular weight is 264 g/mol. The molecule has 0 aromatic heterocycles. The van der Waals surface area contributed by atoms with Crippen molar-refractivity contribution in [1.29, 1.82) is 0 Å². The topological polar surface area (TPSA) is 43.4 Å². The van der Waals surface area contributed by atoms with Crippen LogP contribution in [-0.2, 0) is 14.3 Å². The maximum Gasteiger partial charge on any atom is 0.136 e. The number of ether oxygens (including phenoxy) is 1. The molecule has 0 N–H and O–H groups in total. The number of hydrogen-bond acceptors (Lipinski definition) is 3. The van der Waals surface area contributed by atoms with Gasteiger partial charge in [0, 0.05) is 18.3 Å². The Morgan fingerprint density at radius 1 is 1.26 bits per heavy atom. The van der Waals surface area contributed by atoms with Gasteiger partial charge in [0.2, 0.25) is 0 Å². The highest BCUT2D eigenvalue weighted by Gasteiger charge is 2.54. The molecule has 2 saturated carbocycles. The van der Waals surface area contributed by atoms with Gasteiger partial charge in [-0.1, -0.05) is 13.8 Å². The second-order valence-corrected chi connectivity index (χ2v) is 6.93. The van der Waals surface area contributed by atoms with Gasteiger partial charge in [0.05, 0.1) is 12.7 Å². The molecule has 6 unspecified atom stereocenters. The first-order valence-corrected chi connectivity index (χ1v) is 7.65. The molecular weight excluding hydrogens is 240 g/mol. The molecule has 0 bridgehead atoms. The standard InChI is InChI=1S/C16H24O3/c1-8-4-5-13(18)11-6-14-16(9(2)15(8)11)12(7-19-14)10(3)17/h8-9,11-12,14-16H,4-7H2,1-3H3/t8-,9?,11?,12?,14?,15?,16?/m1/s1. The first-order valence-electron chi connectivity index (χ1n) is 7.65. The van der Waals surface area contributed by atoms with E-state index in [-0.39, 0.29) is 23.7 Å². The molecule has 0 aromatic rings. The molecule has 3 heteroatoms. The summed E-state index contributed by atoms with van der Waals surface area (Å²) in [6.45, 7) is 6.77. The normalized spacial score (nSPS) is 49.6. The third-order valence-electron chi connectivity index (χ3n) is 5.99. The number of carbonyl (C=O) groups is 2. The lowest BCUT2D eigenvalue weighted by atomic mass is 9.56. The van der Waals surface area contributed by atoms with Crippen molar-refractivity contribution in [2.24, 2.45) is 35.5 Å². The summed E-state index contributed by atoms with van der Waals surface area (Å²) in [5.41, 5.74) is 0. The third kappa shape index (κ3) is 1.97. The Balaban J connectivity index is 1.89. The highest BCUT2D eigenvalue weighted by atomic mass is 16.5. The van der Waals surface area contributed by atoms with Gasteiger partial charge in [0.15, 0.2) is 0 Å². The average Bonchev–Trinajstić information content (AvgIpc) is 2.78. The predicted octanol–water partition coefficient (Wildman–Crippen LogP) is 2.48. The number of Topliss-reactive ketones (excluding diaryl/α,β-unsaturated/α-hetero) is 2. The van der Waals surface area contributed by atoms with E-state index in [1.54, 1.807) is 6.92 Å². The van der Waals surface area contributed by atoms with Crippen LogP contribution in [0.15, 0.2) is 0 Å². The smallest absolute Gasteiger partial charge is 0.136 e.